The molecule has 0 bridgehead atoms. The van der Waals surface area contributed by atoms with Crippen LogP contribution in [0, 0.1) is 0 Å². The number of amides is 1. The fraction of sp³-hybridized carbons (Fsp3) is 0.278. The number of ether oxygens (including phenoxy) is 1. The van der Waals surface area contributed by atoms with Crippen LogP contribution in [0.3, 0.4) is 0 Å². The number of anilines is 1. The van der Waals surface area contributed by atoms with E-state index in [1.54, 1.807) is 12.1 Å². The first-order chi connectivity index (χ1) is 11.8. The van der Waals surface area contributed by atoms with Crippen LogP contribution in [0.25, 0.3) is 0 Å². The summed E-state index contributed by atoms with van der Waals surface area (Å²) in [6.07, 6.45) is 1.21. The Morgan fingerprint density at radius 1 is 1.12 bits per heavy atom. The number of rotatable bonds is 8. The summed E-state index contributed by atoms with van der Waals surface area (Å²) in [7, 11) is -3.13. The highest BCUT2D eigenvalue weighted by molar-refractivity contribution is 7.90. The minimum atomic E-state index is -3.13. The molecule has 1 amide bonds. The number of nitrogens with two attached hydrogens (primary N) is 1. The summed E-state index contributed by atoms with van der Waals surface area (Å²) in [5.74, 6) is 0.269. The van der Waals surface area contributed by atoms with E-state index in [2.05, 4.69) is 5.32 Å². The number of sulfone groups is 1. The lowest BCUT2D eigenvalue weighted by Gasteiger charge is -2.12. The molecule has 0 spiro atoms. The molecule has 2 rings (SSSR count). The highest BCUT2D eigenvalue weighted by Gasteiger charge is 2.16. The molecule has 0 aromatic heterocycles. The van der Waals surface area contributed by atoms with E-state index in [-0.39, 0.29) is 12.2 Å². The smallest absolute Gasteiger partial charge is 0.241 e. The lowest BCUT2D eigenvalue weighted by molar-refractivity contribution is -0.117. The maximum Gasteiger partial charge on any atom is 0.241 e. The molecule has 2 aromatic carbocycles. The van der Waals surface area contributed by atoms with Gasteiger partial charge in [-0.1, -0.05) is 30.3 Å². The van der Waals surface area contributed by atoms with E-state index in [0.29, 0.717) is 12.3 Å². The first kappa shape index (κ1) is 19.0. The van der Waals surface area contributed by atoms with Crippen molar-refractivity contribution in [3.63, 3.8) is 0 Å². The lowest BCUT2D eigenvalue weighted by atomic mass is 10.2. The summed E-state index contributed by atoms with van der Waals surface area (Å²) in [6, 6.07) is 15.8. The van der Waals surface area contributed by atoms with Crippen molar-refractivity contribution in [2.24, 2.45) is 5.73 Å². The average Bonchev–Trinajstić information content (AvgIpc) is 2.59. The number of hydrogen-bond acceptors (Lipinski definition) is 5. The molecule has 7 heteroatoms. The van der Waals surface area contributed by atoms with Gasteiger partial charge < -0.3 is 15.8 Å². The first-order valence-electron chi connectivity index (χ1n) is 7.84. The van der Waals surface area contributed by atoms with Crippen LogP contribution in [0.2, 0.25) is 0 Å². The molecule has 25 heavy (non-hydrogen) atoms. The van der Waals surface area contributed by atoms with E-state index in [9.17, 15) is 13.2 Å². The molecule has 1 atom stereocenters. The Bertz CT molecular complexity index is 790. The van der Waals surface area contributed by atoms with Gasteiger partial charge in [0.05, 0.1) is 11.8 Å². The van der Waals surface area contributed by atoms with Gasteiger partial charge in [0.1, 0.15) is 22.2 Å². The molecule has 0 saturated heterocycles. The molecular weight excluding hydrogens is 340 g/mol. The highest BCUT2D eigenvalue weighted by atomic mass is 32.2. The number of carbonyl (C=O) groups excluding carboxylic acids is 1. The molecule has 134 valence electrons. The number of benzene rings is 2. The monoisotopic (exact) mass is 362 g/mol. The van der Waals surface area contributed by atoms with E-state index in [1.165, 1.54) is 0 Å². The Morgan fingerprint density at radius 2 is 1.76 bits per heavy atom. The quantitative estimate of drug-likeness (QED) is 0.748. The predicted octanol–water partition coefficient (Wildman–Crippen LogP) is 1.97. The summed E-state index contributed by atoms with van der Waals surface area (Å²) >= 11 is 0. The summed E-state index contributed by atoms with van der Waals surface area (Å²) in [6.45, 7) is 0.423. The van der Waals surface area contributed by atoms with Gasteiger partial charge in [0.25, 0.3) is 0 Å². The van der Waals surface area contributed by atoms with Crippen molar-refractivity contribution in [3.8, 4) is 5.75 Å². The largest absolute Gasteiger partial charge is 0.489 e. The predicted molar refractivity (Wildman–Crippen MR) is 98.1 cm³/mol. The Kier molecular flexibility index (Phi) is 6.55. The second kappa shape index (κ2) is 8.64. The molecule has 1 unspecified atom stereocenters. The average molecular weight is 362 g/mol. The third-order valence-corrected chi connectivity index (χ3v) is 4.48. The second-order valence-electron chi connectivity index (χ2n) is 5.81. The lowest BCUT2D eigenvalue weighted by Crippen LogP contribution is -2.37. The van der Waals surface area contributed by atoms with Crippen molar-refractivity contribution in [1.82, 2.24) is 0 Å². The van der Waals surface area contributed by atoms with Crippen LogP contribution in [0.15, 0.2) is 54.6 Å². The van der Waals surface area contributed by atoms with Gasteiger partial charge in [-0.2, -0.15) is 0 Å². The molecular formula is C18H22N2O4S. The maximum absolute atomic E-state index is 12.0. The molecule has 0 fully saturated rings. The molecule has 6 nitrogen and oxygen atoms in total. The van der Waals surface area contributed by atoms with E-state index in [1.807, 2.05) is 42.5 Å². The summed E-state index contributed by atoms with van der Waals surface area (Å²) in [5, 5.41) is 2.68. The molecule has 2 aromatic rings. The van der Waals surface area contributed by atoms with Gasteiger partial charge in [0, 0.05) is 11.9 Å². The summed E-state index contributed by atoms with van der Waals surface area (Å²) in [4.78, 5) is 12.0. The van der Waals surface area contributed by atoms with Gasteiger partial charge in [0.2, 0.25) is 5.91 Å². The maximum atomic E-state index is 12.0. The number of nitrogens with one attached hydrogen (secondary N) is 1. The Hall–Kier alpha value is -2.38. The van der Waals surface area contributed by atoms with Gasteiger partial charge in [-0.05, 0) is 36.2 Å². The molecule has 3 N–H and O–H groups in total. The molecule has 0 heterocycles. The Morgan fingerprint density at radius 3 is 2.36 bits per heavy atom. The fourth-order valence-electron chi connectivity index (χ4n) is 2.07. The molecule has 0 saturated carbocycles. The summed E-state index contributed by atoms with van der Waals surface area (Å²) < 4.78 is 27.9. The number of hydrogen-bond donors (Lipinski definition) is 2. The van der Waals surface area contributed by atoms with Crippen molar-refractivity contribution in [2.45, 2.75) is 19.1 Å². The van der Waals surface area contributed by atoms with E-state index >= 15 is 0 Å². The molecule has 0 aliphatic carbocycles. The Balaban J connectivity index is 1.84. The fourth-order valence-corrected chi connectivity index (χ4v) is 2.76. The third kappa shape index (κ3) is 6.94. The normalized spacial score (nSPS) is 12.4. The zero-order chi connectivity index (χ0) is 18.3. The zero-order valence-electron chi connectivity index (χ0n) is 14.0. The highest BCUT2D eigenvalue weighted by Crippen LogP contribution is 2.14. The third-order valence-electron chi connectivity index (χ3n) is 3.51. The standard InChI is InChI=1S/C18H22N2O4S/c1-25(22,23)12-11-17(19)18(21)20-15-9-7-14(8-10-15)13-24-16-5-3-2-4-6-16/h2-10,17H,11-13,19H2,1H3,(H,20,21). The van der Waals surface area contributed by atoms with E-state index in [4.69, 9.17) is 10.5 Å². The first-order valence-corrected chi connectivity index (χ1v) is 9.90. The van der Waals surface area contributed by atoms with Crippen molar-refractivity contribution in [2.75, 3.05) is 17.3 Å². The van der Waals surface area contributed by atoms with E-state index < -0.39 is 21.8 Å². The zero-order valence-corrected chi connectivity index (χ0v) is 14.8. The topological polar surface area (TPSA) is 98.5 Å². The van der Waals surface area contributed by atoms with Gasteiger partial charge in [-0.3, -0.25) is 4.79 Å². The van der Waals surface area contributed by atoms with Crippen LogP contribution in [0.4, 0.5) is 5.69 Å². The van der Waals surface area contributed by atoms with Gasteiger partial charge in [0.15, 0.2) is 0 Å². The SMILES string of the molecule is CS(=O)(=O)CCC(N)C(=O)Nc1ccc(COc2ccccc2)cc1. The van der Waals surface area contributed by atoms with Crippen molar-refractivity contribution in [1.29, 1.82) is 0 Å². The van der Waals surface area contributed by atoms with Crippen LogP contribution >= 0.6 is 0 Å². The summed E-state index contributed by atoms with van der Waals surface area (Å²) in [5.41, 5.74) is 7.28. The van der Waals surface area contributed by atoms with Crippen molar-refractivity contribution >= 4 is 21.4 Å². The van der Waals surface area contributed by atoms with Crippen LogP contribution in [0.1, 0.15) is 12.0 Å². The van der Waals surface area contributed by atoms with Crippen LogP contribution < -0.4 is 15.8 Å². The second-order valence-corrected chi connectivity index (χ2v) is 8.07. The van der Waals surface area contributed by atoms with Gasteiger partial charge in [-0.25, -0.2) is 8.42 Å². The number of para-hydroxylation sites is 1. The molecule has 0 radical (unpaired) electrons. The number of carbonyl (C=O) groups is 1. The minimum absolute atomic E-state index is 0.0909. The van der Waals surface area contributed by atoms with Gasteiger partial charge >= 0.3 is 0 Å². The van der Waals surface area contributed by atoms with Crippen LogP contribution in [-0.4, -0.2) is 32.4 Å². The molecule has 0 aliphatic rings. The van der Waals surface area contributed by atoms with Gasteiger partial charge in [-0.15, -0.1) is 0 Å². The Labute approximate surface area is 147 Å². The minimum Gasteiger partial charge on any atom is -0.489 e. The van der Waals surface area contributed by atoms with Crippen molar-refractivity contribution < 1.29 is 17.9 Å². The van der Waals surface area contributed by atoms with Crippen molar-refractivity contribution in [3.05, 3.63) is 60.2 Å². The van der Waals surface area contributed by atoms with Crippen LogP contribution in [-0.2, 0) is 21.2 Å². The van der Waals surface area contributed by atoms with Crippen LogP contribution in [0.5, 0.6) is 5.75 Å². The van der Waals surface area contributed by atoms with E-state index in [0.717, 1.165) is 17.6 Å². The molecule has 0 aliphatic heterocycles.